The molecule has 1 aromatic rings. The van der Waals surface area contributed by atoms with Crippen LogP contribution in [-0.4, -0.2) is 62.7 Å². The second kappa shape index (κ2) is 8.77. The molecule has 6 heteroatoms. The maximum atomic E-state index is 6.12. The van der Waals surface area contributed by atoms with Gasteiger partial charge in [-0.15, -0.1) is 0 Å². The lowest BCUT2D eigenvalue weighted by Crippen LogP contribution is -2.48. The summed E-state index contributed by atoms with van der Waals surface area (Å²) in [6.45, 7) is 7.60. The number of likely N-dealkylation sites (tertiary alicyclic amines) is 1. The third kappa shape index (κ3) is 4.79. The van der Waals surface area contributed by atoms with Crippen molar-refractivity contribution in [2.24, 2.45) is 4.99 Å². The minimum atomic E-state index is 0.413. The number of hydrogen-bond donors (Lipinski definition) is 2. The van der Waals surface area contributed by atoms with Crippen LogP contribution in [0.2, 0.25) is 5.02 Å². The maximum Gasteiger partial charge on any atom is 0.191 e. The smallest absolute Gasteiger partial charge is 0.191 e. The van der Waals surface area contributed by atoms with Gasteiger partial charge in [-0.05, 0) is 50.6 Å². The van der Waals surface area contributed by atoms with Crippen molar-refractivity contribution in [2.45, 2.75) is 38.3 Å². The lowest BCUT2D eigenvalue weighted by molar-refractivity contribution is 0.267. The summed E-state index contributed by atoms with van der Waals surface area (Å²) >= 11 is 6.12. The Labute approximate surface area is 156 Å². The van der Waals surface area contributed by atoms with Crippen molar-refractivity contribution in [1.29, 1.82) is 0 Å². The number of guanidine groups is 1. The van der Waals surface area contributed by atoms with E-state index < -0.39 is 0 Å². The third-order valence-corrected chi connectivity index (χ3v) is 5.57. The number of aliphatic imine (C=N–C) groups is 1. The highest BCUT2D eigenvalue weighted by molar-refractivity contribution is 6.30. The van der Waals surface area contributed by atoms with Crippen LogP contribution in [0.4, 0.5) is 5.69 Å². The first-order chi connectivity index (χ1) is 12.2. The van der Waals surface area contributed by atoms with Gasteiger partial charge < -0.3 is 15.5 Å². The molecule has 0 radical (unpaired) electrons. The van der Waals surface area contributed by atoms with Crippen LogP contribution >= 0.6 is 11.6 Å². The van der Waals surface area contributed by atoms with E-state index in [2.05, 4.69) is 38.4 Å². The molecule has 0 aliphatic carbocycles. The Bertz CT molecular complexity index is 591. The maximum absolute atomic E-state index is 6.12. The van der Waals surface area contributed by atoms with E-state index in [1.54, 1.807) is 0 Å². The lowest BCUT2D eigenvalue weighted by Gasteiger charge is -2.25. The molecule has 2 aliphatic rings. The Balaban J connectivity index is 1.48. The van der Waals surface area contributed by atoms with Crippen LogP contribution in [0.3, 0.4) is 0 Å². The Morgan fingerprint density at radius 2 is 2.20 bits per heavy atom. The highest BCUT2D eigenvalue weighted by atomic mass is 35.5. The summed E-state index contributed by atoms with van der Waals surface area (Å²) in [6.07, 6.45) is 3.70. The van der Waals surface area contributed by atoms with E-state index in [-0.39, 0.29) is 0 Å². The molecule has 2 N–H and O–H groups in total. The van der Waals surface area contributed by atoms with Crippen molar-refractivity contribution in [3.05, 3.63) is 29.3 Å². The second-order valence-electron chi connectivity index (χ2n) is 6.93. The second-order valence-corrected chi connectivity index (χ2v) is 7.37. The third-order valence-electron chi connectivity index (χ3n) is 5.34. The first kappa shape index (κ1) is 18.3. The molecule has 0 bridgehead atoms. The van der Waals surface area contributed by atoms with Gasteiger partial charge >= 0.3 is 0 Å². The van der Waals surface area contributed by atoms with Gasteiger partial charge in [0.1, 0.15) is 0 Å². The molecule has 0 spiro atoms. The summed E-state index contributed by atoms with van der Waals surface area (Å²) < 4.78 is 0. The predicted molar refractivity (Wildman–Crippen MR) is 107 cm³/mol. The Hall–Kier alpha value is -1.46. The topological polar surface area (TPSA) is 42.9 Å². The summed E-state index contributed by atoms with van der Waals surface area (Å²) in [5, 5.41) is 7.90. The van der Waals surface area contributed by atoms with E-state index in [9.17, 15) is 0 Å². The number of halogens is 1. The number of rotatable bonds is 5. The molecule has 2 atom stereocenters. The van der Waals surface area contributed by atoms with Gasteiger partial charge in [0, 0.05) is 49.5 Å². The number of benzene rings is 1. The highest BCUT2D eigenvalue weighted by Gasteiger charge is 2.25. The van der Waals surface area contributed by atoms with Crippen molar-refractivity contribution in [1.82, 2.24) is 15.5 Å². The zero-order chi connectivity index (χ0) is 17.6. The summed E-state index contributed by atoms with van der Waals surface area (Å²) in [5.41, 5.74) is 1.20. The normalized spacial score (nSPS) is 24.8. The van der Waals surface area contributed by atoms with Crippen LogP contribution in [-0.2, 0) is 0 Å². The molecule has 138 valence electrons. The van der Waals surface area contributed by atoms with Gasteiger partial charge in [0.05, 0.1) is 0 Å². The lowest BCUT2D eigenvalue weighted by atomic mass is 10.2. The summed E-state index contributed by atoms with van der Waals surface area (Å²) in [7, 11) is 1.85. The highest BCUT2D eigenvalue weighted by Crippen LogP contribution is 2.23. The largest absolute Gasteiger partial charge is 0.369 e. The molecule has 0 aromatic heterocycles. The molecule has 3 rings (SSSR count). The molecular formula is C19H30ClN5. The Kier molecular flexibility index (Phi) is 6.43. The molecule has 2 saturated heterocycles. The fourth-order valence-electron chi connectivity index (χ4n) is 3.93. The van der Waals surface area contributed by atoms with E-state index in [1.807, 2.05) is 25.2 Å². The van der Waals surface area contributed by atoms with Crippen LogP contribution < -0.4 is 15.5 Å². The Morgan fingerprint density at radius 1 is 1.32 bits per heavy atom. The van der Waals surface area contributed by atoms with Crippen molar-refractivity contribution >= 4 is 23.2 Å². The molecule has 0 amide bonds. The predicted octanol–water partition coefficient (Wildman–Crippen LogP) is 2.57. The number of nitrogens with one attached hydrogen (secondary N) is 2. The van der Waals surface area contributed by atoms with Crippen molar-refractivity contribution in [3.8, 4) is 0 Å². The molecule has 5 nitrogen and oxygen atoms in total. The van der Waals surface area contributed by atoms with Gasteiger partial charge in [-0.3, -0.25) is 9.89 Å². The quantitative estimate of drug-likeness (QED) is 0.623. The van der Waals surface area contributed by atoms with E-state index >= 15 is 0 Å². The average molecular weight is 364 g/mol. The van der Waals surface area contributed by atoms with Crippen molar-refractivity contribution in [2.75, 3.05) is 44.7 Å². The molecule has 1 aromatic carbocycles. The number of anilines is 1. The minimum absolute atomic E-state index is 0.413. The summed E-state index contributed by atoms with van der Waals surface area (Å²) in [6, 6.07) is 9.15. The molecule has 2 aliphatic heterocycles. The zero-order valence-corrected chi connectivity index (χ0v) is 16.1. The molecule has 0 saturated carbocycles. The SMILES string of the molecule is CCN1CCCC1CNC(=NC)NC1CCN(c2cccc(Cl)c2)C1. The number of hydrogen-bond acceptors (Lipinski definition) is 3. The first-order valence-corrected chi connectivity index (χ1v) is 9.79. The van der Waals surface area contributed by atoms with Crippen molar-refractivity contribution in [3.63, 3.8) is 0 Å². The van der Waals surface area contributed by atoms with Crippen LogP contribution in [0.5, 0.6) is 0 Å². The van der Waals surface area contributed by atoms with E-state index in [1.165, 1.54) is 25.1 Å². The molecule has 2 unspecified atom stereocenters. The Morgan fingerprint density at radius 3 is 2.96 bits per heavy atom. The van der Waals surface area contributed by atoms with Gasteiger partial charge in [0.2, 0.25) is 0 Å². The van der Waals surface area contributed by atoms with Crippen LogP contribution in [0.25, 0.3) is 0 Å². The fourth-order valence-corrected chi connectivity index (χ4v) is 4.12. The molecule has 25 heavy (non-hydrogen) atoms. The number of nitrogens with zero attached hydrogens (tertiary/aromatic N) is 3. The molecule has 2 fully saturated rings. The van der Waals surface area contributed by atoms with Crippen LogP contribution in [0.1, 0.15) is 26.2 Å². The average Bonchev–Trinajstić information content (AvgIpc) is 3.27. The van der Waals surface area contributed by atoms with Crippen LogP contribution in [0.15, 0.2) is 29.3 Å². The minimum Gasteiger partial charge on any atom is -0.369 e. The van der Waals surface area contributed by atoms with Gasteiger partial charge in [0.25, 0.3) is 0 Å². The monoisotopic (exact) mass is 363 g/mol. The van der Waals surface area contributed by atoms with Gasteiger partial charge in [0.15, 0.2) is 5.96 Å². The van der Waals surface area contributed by atoms with E-state index in [0.29, 0.717) is 12.1 Å². The van der Waals surface area contributed by atoms with Gasteiger partial charge in [-0.25, -0.2) is 0 Å². The molecular weight excluding hydrogens is 334 g/mol. The first-order valence-electron chi connectivity index (χ1n) is 9.41. The standard InChI is InChI=1S/C19H30ClN5/c1-3-24-10-5-8-18(24)13-22-19(21-2)23-16-9-11-25(14-16)17-7-4-6-15(20)12-17/h4,6-7,12,16,18H,3,5,8-11,13-14H2,1-2H3,(H2,21,22,23). The summed E-state index contributed by atoms with van der Waals surface area (Å²) in [4.78, 5) is 9.35. The molecule has 2 heterocycles. The summed E-state index contributed by atoms with van der Waals surface area (Å²) in [5.74, 6) is 0.917. The van der Waals surface area contributed by atoms with Gasteiger partial charge in [-0.2, -0.15) is 0 Å². The number of likely N-dealkylation sites (N-methyl/N-ethyl adjacent to an activating group) is 1. The van der Waals surface area contributed by atoms with Crippen molar-refractivity contribution < 1.29 is 0 Å². The van der Waals surface area contributed by atoms with E-state index in [0.717, 1.165) is 43.6 Å². The van der Waals surface area contributed by atoms with Gasteiger partial charge in [-0.1, -0.05) is 24.6 Å². The van der Waals surface area contributed by atoms with E-state index in [4.69, 9.17) is 11.6 Å². The zero-order valence-electron chi connectivity index (χ0n) is 15.3. The fraction of sp³-hybridized carbons (Fsp3) is 0.632. The van der Waals surface area contributed by atoms with Crippen LogP contribution in [0, 0.1) is 0 Å².